The van der Waals surface area contributed by atoms with Gasteiger partial charge in [-0.05, 0) is 24.6 Å². The average Bonchev–Trinajstić information content (AvgIpc) is 2.85. The van der Waals surface area contributed by atoms with E-state index in [-0.39, 0.29) is 11.8 Å². The van der Waals surface area contributed by atoms with Crippen LogP contribution >= 0.6 is 0 Å². The minimum Gasteiger partial charge on any atom is -0.497 e. The predicted octanol–water partition coefficient (Wildman–Crippen LogP) is 1.50. The Hall–Kier alpha value is -1.75. The summed E-state index contributed by atoms with van der Waals surface area (Å²) in [7, 11) is 3.17. The number of nitrogens with one attached hydrogen (secondary N) is 2. The van der Waals surface area contributed by atoms with Crippen molar-refractivity contribution in [3.8, 4) is 11.5 Å². The number of carbonyl (C=O) groups excluding carboxylic acids is 1. The van der Waals surface area contributed by atoms with Crippen LogP contribution in [-0.4, -0.2) is 33.2 Å². The maximum absolute atomic E-state index is 12.2. The van der Waals surface area contributed by atoms with Crippen LogP contribution in [0.2, 0.25) is 0 Å². The Morgan fingerprint density at radius 1 is 1.32 bits per heavy atom. The first-order chi connectivity index (χ1) is 9.15. The highest BCUT2D eigenvalue weighted by atomic mass is 16.5. The second kappa shape index (κ2) is 5.93. The van der Waals surface area contributed by atoms with Gasteiger partial charge in [0.1, 0.15) is 11.5 Å². The number of methoxy groups -OCH3 is 2. The van der Waals surface area contributed by atoms with Crippen molar-refractivity contribution in [3.63, 3.8) is 0 Å². The minimum absolute atomic E-state index is 0.00630. The number of ether oxygens (including phenoxy) is 2. The van der Waals surface area contributed by atoms with E-state index in [9.17, 15) is 4.79 Å². The number of rotatable bonds is 4. The number of hydrogen-bond donors (Lipinski definition) is 2. The summed E-state index contributed by atoms with van der Waals surface area (Å²) in [5, 5.41) is 6.15. The van der Waals surface area contributed by atoms with E-state index >= 15 is 0 Å². The van der Waals surface area contributed by atoms with Gasteiger partial charge >= 0.3 is 0 Å². The van der Waals surface area contributed by atoms with Crippen molar-refractivity contribution in [3.05, 3.63) is 18.2 Å². The highest BCUT2D eigenvalue weighted by Crippen LogP contribution is 2.30. The number of amides is 1. The van der Waals surface area contributed by atoms with Gasteiger partial charge in [-0.3, -0.25) is 4.79 Å². The van der Waals surface area contributed by atoms with E-state index in [1.54, 1.807) is 32.4 Å². The van der Waals surface area contributed by atoms with Gasteiger partial charge in [-0.25, -0.2) is 0 Å². The molecular weight excluding hydrogens is 244 g/mol. The third kappa shape index (κ3) is 2.98. The molecule has 0 spiro atoms. The van der Waals surface area contributed by atoms with Gasteiger partial charge in [-0.1, -0.05) is 6.92 Å². The monoisotopic (exact) mass is 264 g/mol. The highest BCUT2D eigenvalue weighted by Gasteiger charge is 2.29. The van der Waals surface area contributed by atoms with Gasteiger partial charge < -0.3 is 20.1 Å². The van der Waals surface area contributed by atoms with Gasteiger partial charge in [-0.2, -0.15) is 0 Å². The van der Waals surface area contributed by atoms with E-state index in [0.717, 1.165) is 13.1 Å². The summed E-state index contributed by atoms with van der Waals surface area (Å²) in [6.45, 7) is 3.69. The summed E-state index contributed by atoms with van der Waals surface area (Å²) in [5.74, 6) is 1.69. The van der Waals surface area contributed by atoms with Gasteiger partial charge in [0.25, 0.3) is 0 Å². The third-order valence-electron chi connectivity index (χ3n) is 3.52. The topological polar surface area (TPSA) is 59.6 Å². The molecule has 104 valence electrons. The van der Waals surface area contributed by atoms with Crippen LogP contribution < -0.4 is 20.1 Å². The summed E-state index contributed by atoms with van der Waals surface area (Å²) in [4.78, 5) is 12.2. The number of hydrogen-bond acceptors (Lipinski definition) is 4. The van der Waals surface area contributed by atoms with Gasteiger partial charge in [-0.15, -0.1) is 0 Å². The van der Waals surface area contributed by atoms with Crippen molar-refractivity contribution in [2.75, 3.05) is 32.6 Å². The zero-order chi connectivity index (χ0) is 13.8. The molecule has 0 radical (unpaired) electrons. The second-order valence-electron chi connectivity index (χ2n) is 4.80. The quantitative estimate of drug-likeness (QED) is 0.865. The van der Waals surface area contributed by atoms with Crippen LogP contribution in [0, 0.1) is 11.8 Å². The largest absolute Gasteiger partial charge is 0.497 e. The molecule has 2 atom stereocenters. The molecule has 0 aliphatic carbocycles. The standard InChI is InChI=1S/C14H20N2O3/c1-9-7-15-8-11(9)14(17)16-12-5-4-10(18-2)6-13(12)19-3/h4-6,9,11,15H,7-8H2,1-3H3,(H,16,17)/t9-,11-/m1/s1. The molecule has 0 aromatic heterocycles. The van der Waals surface area contributed by atoms with Crippen LogP contribution in [0.4, 0.5) is 5.69 Å². The third-order valence-corrected chi connectivity index (χ3v) is 3.52. The van der Waals surface area contributed by atoms with Gasteiger partial charge in [0, 0.05) is 12.6 Å². The molecule has 1 aromatic carbocycles. The summed E-state index contributed by atoms with van der Waals surface area (Å²) in [5.41, 5.74) is 0.674. The fourth-order valence-corrected chi connectivity index (χ4v) is 2.29. The summed E-state index contributed by atoms with van der Waals surface area (Å²) in [6.07, 6.45) is 0. The van der Waals surface area contributed by atoms with Crippen molar-refractivity contribution in [1.29, 1.82) is 0 Å². The van der Waals surface area contributed by atoms with E-state index in [1.165, 1.54) is 0 Å². The van der Waals surface area contributed by atoms with Gasteiger partial charge in [0.05, 0.1) is 25.8 Å². The molecule has 1 heterocycles. The Labute approximate surface area is 113 Å². The number of carbonyl (C=O) groups is 1. The normalized spacial score (nSPS) is 22.1. The van der Waals surface area contributed by atoms with Crippen molar-refractivity contribution in [1.82, 2.24) is 5.32 Å². The van der Waals surface area contributed by atoms with Crippen LogP contribution in [0.3, 0.4) is 0 Å². The molecule has 0 bridgehead atoms. The van der Waals surface area contributed by atoms with Crippen LogP contribution in [0.15, 0.2) is 18.2 Å². The SMILES string of the molecule is COc1ccc(NC(=O)[C@@H]2CNC[C@H]2C)c(OC)c1. The number of benzene rings is 1. The molecule has 0 saturated carbocycles. The summed E-state index contributed by atoms with van der Waals surface area (Å²) < 4.78 is 10.4. The maximum Gasteiger partial charge on any atom is 0.229 e. The molecule has 1 aliphatic heterocycles. The first kappa shape index (κ1) is 13.7. The first-order valence-electron chi connectivity index (χ1n) is 6.39. The predicted molar refractivity (Wildman–Crippen MR) is 73.7 cm³/mol. The zero-order valence-electron chi connectivity index (χ0n) is 11.5. The minimum atomic E-state index is 0.00630. The highest BCUT2D eigenvalue weighted by molar-refractivity contribution is 5.94. The van der Waals surface area contributed by atoms with Crippen LogP contribution in [0.1, 0.15) is 6.92 Å². The smallest absolute Gasteiger partial charge is 0.229 e. The van der Waals surface area contributed by atoms with Gasteiger partial charge in [0.2, 0.25) is 5.91 Å². The van der Waals surface area contributed by atoms with E-state index in [2.05, 4.69) is 17.6 Å². The molecule has 1 aliphatic rings. The number of anilines is 1. The molecule has 1 amide bonds. The lowest BCUT2D eigenvalue weighted by Gasteiger charge is -2.16. The van der Waals surface area contributed by atoms with Crippen LogP contribution in [0.25, 0.3) is 0 Å². The molecular formula is C14H20N2O3. The molecule has 1 saturated heterocycles. The van der Waals surface area contributed by atoms with E-state index in [0.29, 0.717) is 23.1 Å². The molecule has 19 heavy (non-hydrogen) atoms. The molecule has 1 aromatic rings. The van der Waals surface area contributed by atoms with Crippen LogP contribution in [-0.2, 0) is 4.79 Å². The van der Waals surface area contributed by atoms with E-state index in [4.69, 9.17) is 9.47 Å². The summed E-state index contributed by atoms with van der Waals surface area (Å²) >= 11 is 0. The Balaban J connectivity index is 2.12. The lowest BCUT2D eigenvalue weighted by atomic mass is 9.97. The van der Waals surface area contributed by atoms with Crippen LogP contribution in [0.5, 0.6) is 11.5 Å². The molecule has 5 nitrogen and oxygen atoms in total. The molecule has 1 fully saturated rings. The Morgan fingerprint density at radius 3 is 2.68 bits per heavy atom. The Bertz CT molecular complexity index is 462. The maximum atomic E-state index is 12.2. The molecule has 2 N–H and O–H groups in total. The fourth-order valence-electron chi connectivity index (χ4n) is 2.29. The molecule has 5 heteroatoms. The lowest BCUT2D eigenvalue weighted by Crippen LogP contribution is -2.28. The van der Waals surface area contributed by atoms with Gasteiger partial charge in [0.15, 0.2) is 0 Å². The van der Waals surface area contributed by atoms with Crippen molar-refractivity contribution in [2.24, 2.45) is 11.8 Å². The summed E-state index contributed by atoms with van der Waals surface area (Å²) in [6, 6.07) is 5.35. The fraction of sp³-hybridized carbons (Fsp3) is 0.500. The van der Waals surface area contributed by atoms with E-state index in [1.807, 2.05) is 0 Å². The lowest BCUT2D eigenvalue weighted by molar-refractivity contribution is -0.120. The van der Waals surface area contributed by atoms with Crippen molar-refractivity contribution >= 4 is 11.6 Å². The van der Waals surface area contributed by atoms with Crippen molar-refractivity contribution < 1.29 is 14.3 Å². The Kier molecular flexibility index (Phi) is 4.27. The molecule has 0 unspecified atom stereocenters. The Morgan fingerprint density at radius 2 is 2.11 bits per heavy atom. The zero-order valence-corrected chi connectivity index (χ0v) is 11.5. The van der Waals surface area contributed by atoms with E-state index < -0.39 is 0 Å². The average molecular weight is 264 g/mol. The molecule has 2 rings (SSSR count). The van der Waals surface area contributed by atoms with Crippen molar-refractivity contribution in [2.45, 2.75) is 6.92 Å². The second-order valence-corrected chi connectivity index (χ2v) is 4.80. The first-order valence-corrected chi connectivity index (χ1v) is 6.39.